The molecule has 0 saturated carbocycles. The van der Waals surface area contributed by atoms with Gasteiger partial charge in [0, 0.05) is 16.7 Å². The zero-order chi connectivity index (χ0) is 14.4. The summed E-state index contributed by atoms with van der Waals surface area (Å²) < 4.78 is 13.1. The van der Waals surface area contributed by atoms with Gasteiger partial charge in [0.2, 0.25) is 0 Å². The molecule has 0 spiro atoms. The fourth-order valence-electron chi connectivity index (χ4n) is 2.07. The highest BCUT2D eigenvalue weighted by Crippen LogP contribution is 2.24. The van der Waals surface area contributed by atoms with Gasteiger partial charge < -0.3 is 5.32 Å². The molecular weight excluding hydrogens is 269 g/mol. The van der Waals surface area contributed by atoms with Crippen molar-refractivity contribution < 1.29 is 4.39 Å². The number of thioether (sulfide) groups is 1. The molecule has 0 aliphatic rings. The molecule has 1 unspecified atom stereocenters. The molecule has 0 amide bonds. The normalized spacial score (nSPS) is 12.3. The van der Waals surface area contributed by atoms with E-state index in [1.165, 1.54) is 16.5 Å². The van der Waals surface area contributed by atoms with E-state index in [2.05, 4.69) is 43.4 Å². The first-order chi connectivity index (χ1) is 9.69. The molecule has 2 aromatic carbocycles. The lowest BCUT2D eigenvalue weighted by atomic mass is 10.1. The maximum absolute atomic E-state index is 13.1. The summed E-state index contributed by atoms with van der Waals surface area (Å²) in [6.07, 6.45) is 0. The Bertz CT molecular complexity index is 539. The van der Waals surface area contributed by atoms with Crippen LogP contribution in [-0.4, -0.2) is 6.54 Å². The first-order valence-corrected chi connectivity index (χ1v) is 7.88. The van der Waals surface area contributed by atoms with Crippen LogP contribution in [0.3, 0.4) is 0 Å². The second kappa shape index (κ2) is 7.46. The minimum atomic E-state index is -0.169. The molecule has 0 aliphatic carbocycles. The van der Waals surface area contributed by atoms with Gasteiger partial charge in [0.1, 0.15) is 5.82 Å². The fourth-order valence-corrected chi connectivity index (χ4v) is 2.91. The van der Waals surface area contributed by atoms with Gasteiger partial charge in [-0.2, -0.15) is 0 Å². The van der Waals surface area contributed by atoms with Crippen molar-refractivity contribution in [1.82, 2.24) is 5.32 Å². The monoisotopic (exact) mass is 289 g/mol. The van der Waals surface area contributed by atoms with E-state index < -0.39 is 0 Å². The number of hydrogen-bond donors (Lipinski definition) is 1. The summed E-state index contributed by atoms with van der Waals surface area (Å²) in [5, 5.41) is 3.40. The van der Waals surface area contributed by atoms with E-state index in [1.54, 1.807) is 23.9 Å². The Morgan fingerprint density at radius 1 is 1.15 bits per heavy atom. The summed E-state index contributed by atoms with van der Waals surface area (Å²) in [5.41, 5.74) is 2.31. The van der Waals surface area contributed by atoms with E-state index in [9.17, 15) is 4.39 Å². The van der Waals surface area contributed by atoms with Crippen LogP contribution in [0.25, 0.3) is 0 Å². The topological polar surface area (TPSA) is 12.0 Å². The quantitative estimate of drug-likeness (QED) is 0.767. The lowest BCUT2D eigenvalue weighted by Crippen LogP contribution is -2.17. The van der Waals surface area contributed by atoms with Crippen LogP contribution in [0.2, 0.25) is 0 Å². The molecule has 1 nitrogen and oxygen atoms in total. The van der Waals surface area contributed by atoms with Crippen LogP contribution in [0.1, 0.15) is 31.0 Å². The van der Waals surface area contributed by atoms with Crippen molar-refractivity contribution in [2.75, 3.05) is 6.54 Å². The Balaban J connectivity index is 1.94. The van der Waals surface area contributed by atoms with Crippen LogP contribution < -0.4 is 5.32 Å². The third-order valence-electron chi connectivity index (χ3n) is 3.18. The molecule has 20 heavy (non-hydrogen) atoms. The van der Waals surface area contributed by atoms with Crippen LogP contribution in [0.4, 0.5) is 4.39 Å². The number of benzene rings is 2. The van der Waals surface area contributed by atoms with E-state index in [4.69, 9.17) is 0 Å². The maximum atomic E-state index is 13.1. The standard InChI is InChI=1S/C17H20FNS/c1-3-19-13(2)15-7-9-17(10-8-15)20-12-14-5-4-6-16(18)11-14/h4-11,13,19H,3,12H2,1-2H3. The minimum absolute atomic E-state index is 0.169. The van der Waals surface area contributed by atoms with E-state index in [0.29, 0.717) is 6.04 Å². The summed E-state index contributed by atoms with van der Waals surface area (Å²) >= 11 is 1.73. The van der Waals surface area contributed by atoms with Crippen molar-refractivity contribution in [2.45, 2.75) is 30.5 Å². The third kappa shape index (κ3) is 4.36. The number of halogens is 1. The van der Waals surface area contributed by atoms with Gasteiger partial charge >= 0.3 is 0 Å². The SMILES string of the molecule is CCNC(C)c1ccc(SCc2cccc(F)c2)cc1. The van der Waals surface area contributed by atoms with E-state index in [-0.39, 0.29) is 5.82 Å². The Morgan fingerprint density at radius 2 is 1.90 bits per heavy atom. The molecule has 1 atom stereocenters. The van der Waals surface area contributed by atoms with Crippen molar-refractivity contribution in [3.05, 3.63) is 65.5 Å². The molecule has 3 heteroatoms. The van der Waals surface area contributed by atoms with Crippen LogP contribution in [0.5, 0.6) is 0 Å². The lowest BCUT2D eigenvalue weighted by Gasteiger charge is -2.13. The molecule has 0 radical (unpaired) electrons. The van der Waals surface area contributed by atoms with Crippen molar-refractivity contribution in [1.29, 1.82) is 0 Å². The lowest BCUT2D eigenvalue weighted by molar-refractivity contribution is 0.598. The van der Waals surface area contributed by atoms with Crippen molar-refractivity contribution >= 4 is 11.8 Å². The average molecular weight is 289 g/mol. The predicted molar refractivity (Wildman–Crippen MR) is 84.5 cm³/mol. The van der Waals surface area contributed by atoms with Crippen molar-refractivity contribution in [3.8, 4) is 0 Å². The van der Waals surface area contributed by atoms with Crippen molar-refractivity contribution in [2.24, 2.45) is 0 Å². The molecule has 0 aromatic heterocycles. The molecule has 0 bridgehead atoms. The molecule has 0 aliphatic heterocycles. The highest BCUT2D eigenvalue weighted by atomic mass is 32.2. The molecule has 1 N–H and O–H groups in total. The number of rotatable bonds is 6. The van der Waals surface area contributed by atoms with Gasteiger partial charge in [-0.1, -0.05) is 31.2 Å². The van der Waals surface area contributed by atoms with Gasteiger partial charge in [0.25, 0.3) is 0 Å². The van der Waals surface area contributed by atoms with E-state index >= 15 is 0 Å². The third-order valence-corrected chi connectivity index (χ3v) is 4.27. The minimum Gasteiger partial charge on any atom is -0.310 e. The first kappa shape index (κ1) is 15.1. The van der Waals surface area contributed by atoms with Gasteiger partial charge in [-0.05, 0) is 48.9 Å². The molecule has 106 valence electrons. The largest absolute Gasteiger partial charge is 0.310 e. The summed E-state index contributed by atoms with van der Waals surface area (Å²) in [6, 6.07) is 15.7. The maximum Gasteiger partial charge on any atom is 0.123 e. The first-order valence-electron chi connectivity index (χ1n) is 6.89. The smallest absolute Gasteiger partial charge is 0.123 e. The molecule has 0 heterocycles. The Labute approximate surface area is 124 Å². The highest BCUT2D eigenvalue weighted by Gasteiger charge is 2.03. The van der Waals surface area contributed by atoms with E-state index in [1.807, 2.05) is 6.07 Å². The second-order valence-electron chi connectivity index (χ2n) is 4.77. The predicted octanol–water partition coefficient (Wildman–Crippen LogP) is 4.79. The summed E-state index contributed by atoms with van der Waals surface area (Å²) in [6.45, 7) is 5.25. The summed E-state index contributed by atoms with van der Waals surface area (Å²) in [5.74, 6) is 0.623. The van der Waals surface area contributed by atoms with Crippen LogP contribution in [0.15, 0.2) is 53.4 Å². The zero-order valence-electron chi connectivity index (χ0n) is 11.9. The zero-order valence-corrected chi connectivity index (χ0v) is 12.7. The van der Waals surface area contributed by atoms with Crippen LogP contribution in [-0.2, 0) is 5.75 Å². The van der Waals surface area contributed by atoms with Gasteiger partial charge in [0.15, 0.2) is 0 Å². The highest BCUT2D eigenvalue weighted by molar-refractivity contribution is 7.98. The molecular formula is C17H20FNS. The Morgan fingerprint density at radius 3 is 2.55 bits per heavy atom. The van der Waals surface area contributed by atoms with Gasteiger partial charge in [-0.3, -0.25) is 0 Å². The number of hydrogen-bond acceptors (Lipinski definition) is 2. The molecule has 0 fully saturated rings. The Kier molecular flexibility index (Phi) is 5.62. The number of nitrogens with one attached hydrogen (secondary N) is 1. The van der Waals surface area contributed by atoms with Crippen LogP contribution >= 0.6 is 11.8 Å². The molecule has 2 rings (SSSR count). The van der Waals surface area contributed by atoms with Gasteiger partial charge in [-0.25, -0.2) is 4.39 Å². The Hall–Kier alpha value is -1.32. The molecule has 2 aromatic rings. The average Bonchev–Trinajstić information content (AvgIpc) is 2.46. The molecule has 0 saturated heterocycles. The summed E-state index contributed by atoms with van der Waals surface area (Å²) in [4.78, 5) is 1.21. The van der Waals surface area contributed by atoms with Gasteiger partial charge in [0.05, 0.1) is 0 Å². The van der Waals surface area contributed by atoms with E-state index in [0.717, 1.165) is 17.9 Å². The second-order valence-corrected chi connectivity index (χ2v) is 5.82. The van der Waals surface area contributed by atoms with Gasteiger partial charge in [-0.15, -0.1) is 11.8 Å². The fraction of sp³-hybridized carbons (Fsp3) is 0.294. The van der Waals surface area contributed by atoms with Crippen LogP contribution in [0, 0.1) is 5.82 Å². The van der Waals surface area contributed by atoms with Crippen molar-refractivity contribution in [3.63, 3.8) is 0 Å². The summed E-state index contributed by atoms with van der Waals surface area (Å²) in [7, 11) is 0.